The average Bonchev–Trinajstić information content (AvgIpc) is 2.65. The lowest BCUT2D eigenvalue weighted by Crippen LogP contribution is -2.72. The van der Waals surface area contributed by atoms with Crippen LogP contribution in [0.4, 0.5) is 65.9 Å². The van der Waals surface area contributed by atoms with Crippen LogP contribution in [0.1, 0.15) is 18.1 Å². The Morgan fingerprint density at radius 1 is 0.636 bits per heavy atom. The normalized spacial score (nSPS) is 16.2. The topological polar surface area (TPSA) is 9.23 Å². The standard InChI is InChI=1S/C16H10F15IO/c1-33-9(7-2-4-8(32)5-3-7)6-10(17,18)11(19,20)12(21,22)13(23,24)14(25,26)15(27,28)16(29,30)31/h2-5,9H,6H2,1H3. The highest BCUT2D eigenvalue weighted by molar-refractivity contribution is 14.1. The molecule has 1 aromatic carbocycles. The van der Waals surface area contributed by atoms with Gasteiger partial charge in [0.05, 0.1) is 6.10 Å². The Hall–Kier alpha value is -1.14. The molecule has 0 spiro atoms. The smallest absolute Gasteiger partial charge is 0.377 e. The van der Waals surface area contributed by atoms with Gasteiger partial charge in [-0.1, -0.05) is 12.1 Å². The molecule has 0 aliphatic carbocycles. The zero-order valence-corrected chi connectivity index (χ0v) is 17.7. The minimum atomic E-state index is -8.29. The molecular weight excluding hydrogens is 620 g/mol. The number of ether oxygens (including phenoxy) is 1. The van der Waals surface area contributed by atoms with Crippen molar-refractivity contribution in [1.82, 2.24) is 0 Å². The summed E-state index contributed by atoms with van der Waals surface area (Å²) in [6.45, 7) is 0. The quantitative estimate of drug-likeness (QED) is 0.201. The highest BCUT2D eigenvalue weighted by Crippen LogP contribution is 2.63. The maximum Gasteiger partial charge on any atom is 0.460 e. The van der Waals surface area contributed by atoms with E-state index < -0.39 is 59.8 Å². The summed E-state index contributed by atoms with van der Waals surface area (Å²) in [4.78, 5) is 0. The Balaban J connectivity index is 3.48. The summed E-state index contributed by atoms with van der Waals surface area (Å²) in [5.74, 6) is -46.5. The molecule has 0 aromatic heterocycles. The summed E-state index contributed by atoms with van der Waals surface area (Å²) in [7, 11) is 0.599. The van der Waals surface area contributed by atoms with E-state index in [4.69, 9.17) is 0 Å². The van der Waals surface area contributed by atoms with Gasteiger partial charge in [0.1, 0.15) is 0 Å². The van der Waals surface area contributed by atoms with Crippen molar-refractivity contribution < 1.29 is 70.6 Å². The maximum absolute atomic E-state index is 14.0. The van der Waals surface area contributed by atoms with Gasteiger partial charge in [0.15, 0.2) is 0 Å². The minimum absolute atomic E-state index is 0.391. The third kappa shape index (κ3) is 4.71. The van der Waals surface area contributed by atoms with E-state index in [-0.39, 0.29) is 0 Å². The van der Waals surface area contributed by atoms with E-state index in [1.807, 2.05) is 0 Å². The molecule has 1 aromatic rings. The molecule has 0 bridgehead atoms. The zero-order chi connectivity index (χ0) is 26.5. The number of hydrogen-bond donors (Lipinski definition) is 0. The number of rotatable bonds is 9. The second kappa shape index (κ2) is 8.82. The Morgan fingerprint density at radius 3 is 1.36 bits per heavy atom. The molecule has 0 N–H and O–H groups in total. The van der Waals surface area contributed by atoms with Crippen LogP contribution >= 0.6 is 22.6 Å². The Morgan fingerprint density at radius 2 is 1.00 bits per heavy atom. The molecule has 1 rings (SSSR count). The lowest BCUT2D eigenvalue weighted by atomic mass is 9.88. The minimum Gasteiger partial charge on any atom is -0.377 e. The van der Waals surface area contributed by atoms with Gasteiger partial charge in [-0.15, -0.1) is 0 Å². The fourth-order valence-corrected chi connectivity index (χ4v) is 2.73. The van der Waals surface area contributed by atoms with Crippen LogP contribution in [0, 0.1) is 3.57 Å². The van der Waals surface area contributed by atoms with Crippen LogP contribution < -0.4 is 0 Å². The number of methoxy groups -OCH3 is 1. The van der Waals surface area contributed by atoms with Gasteiger partial charge in [-0.05, 0) is 40.3 Å². The van der Waals surface area contributed by atoms with E-state index in [0.717, 1.165) is 12.1 Å². The highest BCUT2D eigenvalue weighted by atomic mass is 127. The monoisotopic (exact) mass is 630 g/mol. The van der Waals surface area contributed by atoms with Crippen molar-refractivity contribution in [3.63, 3.8) is 0 Å². The van der Waals surface area contributed by atoms with E-state index in [9.17, 15) is 65.9 Å². The Kier molecular flexibility index (Phi) is 7.99. The summed E-state index contributed by atoms with van der Waals surface area (Å²) in [5, 5.41) is 0. The van der Waals surface area contributed by atoms with Gasteiger partial charge in [0.2, 0.25) is 0 Å². The van der Waals surface area contributed by atoms with Crippen LogP contribution in [0.5, 0.6) is 0 Å². The first-order valence-electron chi connectivity index (χ1n) is 8.04. The molecule has 33 heavy (non-hydrogen) atoms. The molecule has 0 aliphatic rings. The Labute approximate surface area is 188 Å². The first-order valence-corrected chi connectivity index (χ1v) is 9.12. The van der Waals surface area contributed by atoms with E-state index in [1.54, 1.807) is 22.6 Å². The summed E-state index contributed by atoms with van der Waals surface area (Å²) in [5.41, 5.74) is -0.391. The van der Waals surface area contributed by atoms with Gasteiger partial charge >= 0.3 is 41.7 Å². The molecule has 0 radical (unpaired) electrons. The molecule has 17 heteroatoms. The van der Waals surface area contributed by atoms with Crippen molar-refractivity contribution >= 4 is 22.6 Å². The molecule has 0 aliphatic heterocycles. The van der Waals surface area contributed by atoms with Gasteiger partial charge < -0.3 is 4.74 Å². The number of alkyl halides is 15. The van der Waals surface area contributed by atoms with Crippen molar-refractivity contribution in [2.45, 2.75) is 54.2 Å². The van der Waals surface area contributed by atoms with Crippen molar-refractivity contribution in [2.75, 3.05) is 7.11 Å². The largest absolute Gasteiger partial charge is 0.460 e. The van der Waals surface area contributed by atoms with Crippen LogP contribution in [-0.4, -0.2) is 48.8 Å². The van der Waals surface area contributed by atoms with Gasteiger partial charge in [0.25, 0.3) is 0 Å². The number of hydrogen-bond acceptors (Lipinski definition) is 1. The first kappa shape index (κ1) is 29.9. The summed E-state index contributed by atoms with van der Waals surface area (Å²) >= 11 is 1.71. The highest BCUT2D eigenvalue weighted by Gasteiger charge is 2.93. The van der Waals surface area contributed by atoms with Crippen molar-refractivity contribution in [2.24, 2.45) is 0 Å². The molecule has 1 nitrogen and oxygen atoms in total. The average molecular weight is 630 g/mol. The van der Waals surface area contributed by atoms with Crippen LogP contribution in [-0.2, 0) is 4.74 Å². The van der Waals surface area contributed by atoms with Crippen molar-refractivity contribution in [3.05, 3.63) is 33.4 Å². The van der Waals surface area contributed by atoms with E-state index in [1.165, 1.54) is 12.1 Å². The fraction of sp³-hybridized carbons (Fsp3) is 0.625. The van der Waals surface area contributed by atoms with E-state index in [2.05, 4.69) is 4.74 Å². The Bertz CT molecular complexity index is 816. The molecule has 0 saturated heterocycles. The second-order valence-electron chi connectivity index (χ2n) is 6.55. The summed E-state index contributed by atoms with van der Waals surface area (Å²) < 4.78 is 203. The first-order chi connectivity index (χ1) is 14.4. The lowest BCUT2D eigenvalue weighted by Gasteiger charge is -2.42. The van der Waals surface area contributed by atoms with Gasteiger partial charge in [-0.25, -0.2) is 0 Å². The number of benzene rings is 1. The molecule has 0 saturated carbocycles. The van der Waals surface area contributed by atoms with E-state index in [0.29, 0.717) is 10.7 Å². The van der Waals surface area contributed by atoms with Gasteiger partial charge in [-0.2, -0.15) is 65.9 Å². The van der Waals surface area contributed by atoms with Gasteiger partial charge in [0, 0.05) is 17.1 Å². The van der Waals surface area contributed by atoms with Crippen LogP contribution in [0.2, 0.25) is 0 Å². The summed E-state index contributed by atoms with van der Waals surface area (Å²) in [6, 6.07) is 4.32. The fourth-order valence-electron chi connectivity index (χ4n) is 2.37. The number of halogens is 16. The molecule has 0 fully saturated rings. The maximum atomic E-state index is 14.0. The molecule has 0 heterocycles. The van der Waals surface area contributed by atoms with Crippen LogP contribution in [0.15, 0.2) is 24.3 Å². The molecular formula is C16H10F15IO. The van der Waals surface area contributed by atoms with E-state index >= 15 is 0 Å². The molecule has 192 valence electrons. The van der Waals surface area contributed by atoms with Crippen molar-refractivity contribution in [3.8, 4) is 0 Å². The molecule has 0 amide bonds. The van der Waals surface area contributed by atoms with Gasteiger partial charge in [-0.3, -0.25) is 0 Å². The third-order valence-electron chi connectivity index (χ3n) is 4.36. The predicted molar refractivity (Wildman–Crippen MR) is 89.3 cm³/mol. The van der Waals surface area contributed by atoms with Crippen LogP contribution in [0.25, 0.3) is 0 Å². The summed E-state index contributed by atoms with van der Waals surface area (Å²) in [6.07, 6.45) is -12.4. The second-order valence-corrected chi connectivity index (χ2v) is 7.80. The zero-order valence-electron chi connectivity index (χ0n) is 15.5. The van der Waals surface area contributed by atoms with Crippen molar-refractivity contribution in [1.29, 1.82) is 0 Å². The van der Waals surface area contributed by atoms with Crippen LogP contribution in [0.3, 0.4) is 0 Å². The third-order valence-corrected chi connectivity index (χ3v) is 5.08. The lowest BCUT2D eigenvalue weighted by molar-refractivity contribution is -0.453. The predicted octanol–water partition coefficient (Wildman–Crippen LogP) is 7.74. The molecule has 1 atom stereocenters. The SMILES string of the molecule is COC(CC(F)(F)C(F)(F)C(F)(F)C(F)(F)C(F)(F)C(F)(F)C(F)(F)F)c1ccc(I)cc1. The molecule has 1 unspecified atom stereocenters.